The summed E-state index contributed by atoms with van der Waals surface area (Å²) in [5, 5.41) is 0. The van der Waals surface area contributed by atoms with E-state index in [-0.39, 0.29) is 17.5 Å². The van der Waals surface area contributed by atoms with Crippen molar-refractivity contribution in [1.82, 2.24) is 14.3 Å². The van der Waals surface area contributed by atoms with Crippen LogP contribution < -0.4 is 14.4 Å². The van der Waals surface area contributed by atoms with Crippen LogP contribution in [-0.4, -0.2) is 56.0 Å². The number of rotatable bonds is 8. The molecule has 0 unspecified atom stereocenters. The summed E-state index contributed by atoms with van der Waals surface area (Å²) in [4.78, 5) is 11.0. The topological polar surface area (TPSA) is 98.0 Å². The van der Waals surface area contributed by atoms with E-state index in [9.17, 15) is 8.42 Å². The lowest BCUT2D eigenvalue weighted by molar-refractivity contribution is 0.251. The zero-order valence-electron chi connectivity index (χ0n) is 18.0. The fourth-order valence-corrected chi connectivity index (χ4v) is 5.50. The van der Waals surface area contributed by atoms with Crippen molar-refractivity contribution in [1.29, 1.82) is 0 Å². The standard InChI is InChI=1S/C22H26N4O5S/c1-29-18-5-3-7-20(15-18)32(27,28)26(16-19-6-4-14-31-19)17-9-12-25(13-10-17)22-23-11-8-21(24-22)30-2/h3-8,11,14-15,17H,9-10,12-13,16H2,1-2H3. The predicted octanol–water partition coefficient (Wildman–Crippen LogP) is 2.95. The molecular weight excluding hydrogens is 432 g/mol. The second-order valence-electron chi connectivity index (χ2n) is 7.43. The summed E-state index contributed by atoms with van der Waals surface area (Å²) < 4.78 is 44.7. The molecule has 2 aromatic heterocycles. The van der Waals surface area contributed by atoms with Crippen molar-refractivity contribution < 1.29 is 22.3 Å². The van der Waals surface area contributed by atoms with Gasteiger partial charge in [-0.2, -0.15) is 9.29 Å². The van der Waals surface area contributed by atoms with Crippen LogP contribution in [0, 0.1) is 0 Å². The van der Waals surface area contributed by atoms with Crippen molar-refractivity contribution in [3.8, 4) is 11.6 Å². The number of methoxy groups -OCH3 is 2. The van der Waals surface area contributed by atoms with Gasteiger partial charge in [0.05, 0.1) is 31.9 Å². The van der Waals surface area contributed by atoms with Crippen LogP contribution in [0.4, 0.5) is 5.95 Å². The van der Waals surface area contributed by atoms with Gasteiger partial charge in [0.25, 0.3) is 0 Å². The molecule has 170 valence electrons. The van der Waals surface area contributed by atoms with Gasteiger partial charge in [-0.15, -0.1) is 0 Å². The molecule has 9 nitrogen and oxygen atoms in total. The van der Waals surface area contributed by atoms with Crippen LogP contribution in [0.2, 0.25) is 0 Å². The first kappa shape index (κ1) is 22.1. The van der Waals surface area contributed by atoms with Crippen molar-refractivity contribution in [3.63, 3.8) is 0 Å². The van der Waals surface area contributed by atoms with Crippen LogP contribution in [-0.2, 0) is 16.6 Å². The second-order valence-corrected chi connectivity index (χ2v) is 9.32. The van der Waals surface area contributed by atoms with Gasteiger partial charge in [0.2, 0.25) is 21.9 Å². The van der Waals surface area contributed by atoms with E-state index in [4.69, 9.17) is 13.9 Å². The zero-order valence-corrected chi connectivity index (χ0v) is 18.9. The Hall–Kier alpha value is -3.11. The third kappa shape index (κ3) is 4.71. The molecular formula is C22H26N4O5S. The third-order valence-electron chi connectivity index (χ3n) is 5.52. The minimum atomic E-state index is -3.78. The zero-order chi connectivity index (χ0) is 22.6. The SMILES string of the molecule is COc1cccc(S(=O)(=O)N(Cc2ccco2)C2CCN(c3nccc(OC)n3)CC2)c1. The number of piperidine rings is 1. The molecule has 1 aliphatic heterocycles. The van der Waals surface area contributed by atoms with Crippen LogP contribution in [0.15, 0.2) is 64.2 Å². The Balaban J connectivity index is 1.57. The smallest absolute Gasteiger partial charge is 0.243 e. The van der Waals surface area contributed by atoms with E-state index in [0.29, 0.717) is 49.3 Å². The highest BCUT2D eigenvalue weighted by Crippen LogP contribution is 2.29. The molecule has 3 aromatic rings. The number of anilines is 1. The van der Waals surface area contributed by atoms with E-state index in [1.807, 2.05) is 4.90 Å². The molecule has 0 amide bonds. The van der Waals surface area contributed by atoms with Gasteiger partial charge in [0, 0.05) is 37.5 Å². The number of ether oxygens (including phenoxy) is 2. The fourth-order valence-electron chi connectivity index (χ4n) is 3.82. The molecule has 1 aliphatic rings. The summed E-state index contributed by atoms with van der Waals surface area (Å²) in [6.07, 6.45) is 4.47. The minimum absolute atomic E-state index is 0.160. The van der Waals surface area contributed by atoms with Crippen molar-refractivity contribution in [2.75, 3.05) is 32.2 Å². The Morgan fingerprint density at radius 1 is 1.12 bits per heavy atom. The lowest BCUT2D eigenvalue weighted by atomic mass is 10.1. The molecule has 0 atom stereocenters. The Morgan fingerprint density at radius 3 is 2.62 bits per heavy atom. The second kappa shape index (κ2) is 9.58. The Bertz CT molecular complexity index is 1130. The van der Waals surface area contributed by atoms with E-state index >= 15 is 0 Å². The van der Waals surface area contributed by atoms with E-state index in [2.05, 4.69) is 9.97 Å². The molecule has 0 saturated carbocycles. The van der Waals surface area contributed by atoms with Crippen LogP contribution in [0.3, 0.4) is 0 Å². The van der Waals surface area contributed by atoms with Crippen molar-refractivity contribution >= 4 is 16.0 Å². The first-order chi connectivity index (χ1) is 15.5. The van der Waals surface area contributed by atoms with Crippen LogP contribution in [0.5, 0.6) is 11.6 Å². The van der Waals surface area contributed by atoms with E-state index < -0.39 is 10.0 Å². The fraction of sp³-hybridized carbons (Fsp3) is 0.364. The molecule has 0 spiro atoms. The number of benzene rings is 1. The Kier molecular flexibility index (Phi) is 6.61. The Labute approximate surface area is 187 Å². The molecule has 0 radical (unpaired) electrons. The number of aromatic nitrogens is 2. The molecule has 1 saturated heterocycles. The molecule has 1 fully saturated rings. The highest BCUT2D eigenvalue weighted by Gasteiger charge is 2.35. The molecule has 4 rings (SSSR count). The first-order valence-corrected chi connectivity index (χ1v) is 11.8. The van der Waals surface area contributed by atoms with Gasteiger partial charge in [0.1, 0.15) is 11.5 Å². The number of hydrogen-bond acceptors (Lipinski definition) is 8. The van der Waals surface area contributed by atoms with Gasteiger partial charge < -0.3 is 18.8 Å². The monoisotopic (exact) mass is 458 g/mol. The Morgan fingerprint density at radius 2 is 1.94 bits per heavy atom. The normalized spacial score (nSPS) is 15.2. The number of hydrogen-bond donors (Lipinski definition) is 0. The minimum Gasteiger partial charge on any atom is -0.497 e. The molecule has 0 N–H and O–H groups in total. The molecule has 32 heavy (non-hydrogen) atoms. The van der Waals surface area contributed by atoms with Gasteiger partial charge >= 0.3 is 0 Å². The van der Waals surface area contributed by atoms with Gasteiger partial charge in [-0.3, -0.25) is 0 Å². The van der Waals surface area contributed by atoms with Gasteiger partial charge in [-0.25, -0.2) is 13.4 Å². The molecule has 10 heteroatoms. The lowest BCUT2D eigenvalue weighted by Crippen LogP contribution is -2.47. The molecule has 0 aliphatic carbocycles. The lowest BCUT2D eigenvalue weighted by Gasteiger charge is -2.37. The van der Waals surface area contributed by atoms with Crippen LogP contribution in [0.1, 0.15) is 18.6 Å². The maximum absolute atomic E-state index is 13.6. The largest absolute Gasteiger partial charge is 0.497 e. The van der Waals surface area contributed by atoms with Crippen molar-refractivity contribution in [2.24, 2.45) is 0 Å². The van der Waals surface area contributed by atoms with Gasteiger partial charge in [-0.05, 0) is 37.1 Å². The third-order valence-corrected chi connectivity index (χ3v) is 7.41. The van der Waals surface area contributed by atoms with Crippen LogP contribution in [0.25, 0.3) is 0 Å². The number of furan rings is 1. The predicted molar refractivity (Wildman–Crippen MR) is 118 cm³/mol. The highest BCUT2D eigenvalue weighted by molar-refractivity contribution is 7.89. The van der Waals surface area contributed by atoms with E-state index in [0.717, 1.165) is 0 Å². The van der Waals surface area contributed by atoms with Crippen molar-refractivity contribution in [2.45, 2.75) is 30.3 Å². The molecule has 3 heterocycles. The maximum atomic E-state index is 13.6. The first-order valence-electron chi connectivity index (χ1n) is 10.3. The van der Waals surface area contributed by atoms with Crippen molar-refractivity contribution in [3.05, 3.63) is 60.7 Å². The highest BCUT2D eigenvalue weighted by atomic mass is 32.2. The van der Waals surface area contributed by atoms with Gasteiger partial charge in [-0.1, -0.05) is 6.07 Å². The summed E-state index contributed by atoms with van der Waals surface area (Å²) in [7, 11) is -0.698. The molecule has 1 aromatic carbocycles. The van der Waals surface area contributed by atoms with Gasteiger partial charge in [0.15, 0.2) is 0 Å². The summed E-state index contributed by atoms with van der Waals surface area (Å²) >= 11 is 0. The summed E-state index contributed by atoms with van der Waals surface area (Å²) in [6, 6.07) is 11.6. The quantitative estimate of drug-likeness (QED) is 0.508. The average Bonchev–Trinajstić information content (AvgIpc) is 3.36. The summed E-state index contributed by atoms with van der Waals surface area (Å²) in [6.45, 7) is 1.41. The van der Waals surface area contributed by atoms with Crippen LogP contribution >= 0.6 is 0 Å². The number of sulfonamides is 1. The average molecular weight is 459 g/mol. The van der Waals surface area contributed by atoms with E-state index in [1.165, 1.54) is 11.4 Å². The summed E-state index contributed by atoms with van der Waals surface area (Å²) in [5.41, 5.74) is 0. The molecule has 0 bridgehead atoms. The van der Waals surface area contributed by atoms with E-state index in [1.54, 1.807) is 62.0 Å². The maximum Gasteiger partial charge on any atom is 0.243 e. The summed E-state index contributed by atoms with van der Waals surface area (Å²) in [5.74, 6) is 2.16. The number of nitrogens with zero attached hydrogens (tertiary/aromatic N) is 4.